The maximum atomic E-state index is 4.40. The SMILES string of the molecule is C=C/C=C\C(=C(/C)CNCc1ccccn1)P(c1ccccc1)c1ccccc1. The number of aromatic nitrogens is 1. The molecule has 0 spiro atoms. The molecule has 3 aromatic rings. The normalized spacial score (nSPS) is 12.2. The van der Waals surface area contributed by atoms with Gasteiger partial charge in [0.15, 0.2) is 0 Å². The average molecular weight is 398 g/mol. The highest BCUT2D eigenvalue weighted by atomic mass is 31.1. The third-order valence-corrected chi connectivity index (χ3v) is 7.16. The maximum Gasteiger partial charge on any atom is 0.0541 e. The number of nitrogens with one attached hydrogen (secondary N) is 1. The van der Waals surface area contributed by atoms with Crippen LogP contribution in [0.2, 0.25) is 0 Å². The van der Waals surface area contributed by atoms with Crippen LogP contribution in [0.4, 0.5) is 0 Å². The van der Waals surface area contributed by atoms with E-state index in [4.69, 9.17) is 0 Å². The summed E-state index contributed by atoms with van der Waals surface area (Å²) in [5.74, 6) is 0. The summed E-state index contributed by atoms with van der Waals surface area (Å²) in [6, 6.07) is 27.6. The van der Waals surface area contributed by atoms with Crippen LogP contribution in [0.25, 0.3) is 0 Å². The van der Waals surface area contributed by atoms with Crippen molar-refractivity contribution >= 4 is 18.5 Å². The summed E-state index contributed by atoms with van der Waals surface area (Å²) >= 11 is 0. The van der Waals surface area contributed by atoms with Gasteiger partial charge in [0.05, 0.1) is 5.69 Å². The van der Waals surface area contributed by atoms with E-state index in [1.54, 1.807) is 0 Å². The monoisotopic (exact) mass is 398 g/mol. The fourth-order valence-corrected chi connectivity index (χ4v) is 5.61. The van der Waals surface area contributed by atoms with E-state index in [2.05, 4.69) is 90.5 Å². The number of rotatable bonds is 9. The quantitative estimate of drug-likeness (QED) is 0.390. The number of allylic oxidation sites excluding steroid dienone is 4. The smallest absolute Gasteiger partial charge is 0.0541 e. The van der Waals surface area contributed by atoms with E-state index >= 15 is 0 Å². The number of hydrogen-bond acceptors (Lipinski definition) is 2. The van der Waals surface area contributed by atoms with E-state index in [0.717, 1.165) is 18.8 Å². The lowest BCUT2D eigenvalue weighted by molar-refractivity contribution is 0.722. The van der Waals surface area contributed by atoms with Gasteiger partial charge in [-0.2, -0.15) is 0 Å². The first-order chi connectivity index (χ1) is 14.3. The van der Waals surface area contributed by atoms with Gasteiger partial charge in [0.25, 0.3) is 0 Å². The summed E-state index contributed by atoms with van der Waals surface area (Å²) in [4.78, 5) is 4.40. The van der Waals surface area contributed by atoms with Crippen LogP contribution in [0, 0.1) is 0 Å². The molecule has 0 aliphatic heterocycles. The molecule has 2 aromatic carbocycles. The molecule has 1 aromatic heterocycles. The van der Waals surface area contributed by atoms with Gasteiger partial charge in [0.2, 0.25) is 0 Å². The van der Waals surface area contributed by atoms with Gasteiger partial charge in [-0.1, -0.05) is 97.1 Å². The Morgan fingerprint density at radius 2 is 1.55 bits per heavy atom. The molecule has 2 nitrogen and oxygen atoms in total. The molecular formula is C26H27N2P. The Labute approximate surface area is 175 Å². The topological polar surface area (TPSA) is 24.9 Å². The van der Waals surface area contributed by atoms with Crippen LogP contribution in [0.1, 0.15) is 12.6 Å². The highest BCUT2D eigenvalue weighted by Gasteiger charge is 2.18. The Kier molecular flexibility index (Phi) is 8.12. The van der Waals surface area contributed by atoms with Crippen molar-refractivity contribution in [2.75, 3.05) is 6.54 Å². The van der Waals surface area contributed by atoms with Crippen LogP contribution in [-0.2, 0) is 6.54 Å². The Morgan fingerprint density at radius 1 is 0.931 bits per heavy atom. The van der Waals surface area contributed by atoms with Crippen LogP contribution >= 0.6 is 7.92 Å². The van der Waals surface area contributed by atoms with Crippen molar-refractivity contribution in [1.82, 2.24) is 10.3 Å². The molecule has 29 heavy (non-hydrogen) atoms. The summed E-state index contributed by atoms with van der Waals surface area (Å²) in [6.07, 6.45) is 7.94. The molecule has 1 heterocycles. The van der Waals surface area contributed by atoms with Gasteiger partial charge >= 0.3 is 0 Å². The Bertz CT molecular complexity index is 908. The summed E-state index contributed by atoms with van der Waals surface area (Å²) in [5, 5.41) is 7.60. The predicted molar refractivity (Wildman–Crippen MR) is 127 cm³/mol. The minimum absolute atomic E-state index is 0.647. The second kappa shape index (κ2) is 11.3. The Morgan fingerprint density at radius 3 is 2.10 bits per heavy atom. The van der Waals surface area contributed by atoms with Crippen molar-refractivity contribution in [1.29, 1.82) is 0 Å². The molecule has 0 unspecified atom stereocenters. The minimum atomic E-state index is -0.647. The first-order valence-electron chi connectivity index (χ1n) is 9.79. The van der Waals surface area contributed by atoms with E-state index in [-0.39, 0.29) is 0 Å². The van der Waals surface area contributed by atoms with E-state index in [0.29, 0.717) is 0 Å². The fourth-order valence-electron chi connectivity index (χ4n) is 3.12. The molecule has 1 N–H and O–H groups in total. The molecule has 0 saturated heterocycles. The van der Waals surface area contributed by atoms with Gasteiger partial charge in [0, 0.05) is 19.3 Å². The zero-order chi connectivity index (χ0) is 20.3. The van der Waals surface area contributed by atoms with Gasteiger partial charge < -0.3 is 5.32 Å². The predicted octanol–water partition coefficient (Wildman–Crippen LogP) is 5.32. The van der Waals surface area contributed by atoms with Gasteiger partial charge in [-0.15, -0.1) is 0 Å². The maximum absolute atomic E-state index is 4.40. The molecule has 0 aliphatic carbocycles. The molecule has 3 heteroatoms. The third-order valence-electron chi connectivity index (χ3n) is 4.52. The molecule has 0 atom stereocenters. The van der Waals surface area contributed by atoms with E-state index in [9.17, 15) is 0 Å². The van der Waals surface area contributed by atoms with E-state index in [1.165, 1.54) is 21.5 Å². The lowest BCUT2D eigenvalue weighted by Gasteiger charge is -2.23. The molecule has 3 rings (SSSR count). The molecule has 0 amide bonds. The zero-order valence-corrected chi connectivity index (χ0v) is 17.7. The van der Waals surface area contributed by atoms with Crippen LogP contribution in [0.15, 0.2) is 121 Å². The van der Waals surface area contributed by atoms with Crippen molar-refractivity contribution in [2.24, 2.45) is 0 Å². The molecule has 0 saturated carbocycles. The lowest BCUT2D eigenvalue weighted by Crippen LogP contribution is -2.19. The minimum Gasteiger partial charge on any atom is -0.307 e. The highest BCUT2D eigenvalue weighted by Crippen LogP contribution is 2.45. The first-order valence-corrected chi connectivity index (χ1v) is 11.1. The van der Waals surface area contributed by atoms with Crippen LogP contribution < -0.4 is 15.9 Å². The van der Waals surface area contributed by atoms with Gasteiger partial charge in [0.1, 0.15) is 0 Å². The highest BCUT2D eigenvalue weighted by molar-refractivity contribution is 7.77. The number of nitrogens with zero attached hydrogens (tertiary/aromatic N) is 1. The van der Waals surface area contributed by atoms with Gasteiger partial charge in [-0.25, -0.2) is 0 Å². The largest absolute Gasteiger partial charge is 0.307 e. The summed E-state index contributed by atoms with van der Waals surface area (Å²) < 4.78 is 0. The van der Waals surface area contributed by atoms with Gasteiger partial charge in [-0.05, 0) is 42.9 Å². The fraction of sp³-hybridized carbons (Fsp3) is 0.115. The second-order valence-corrected chi connectivity index (χ2v) is 8.88. The van der Waals surface area contributed by atoms with Crippen molar-refractivity contribution in [3.8, 4) is 0 Å². The van der Waals surface area contributed by atoms with Crippen LogP contribution in [0.5, 0.6) is 0 Å². The molecule has 0 aliphatic rings. The average Bonchev–Trinajstić information content (AvgIpc) is 2.78. The summed E-state index contributed by atoms with van der Waals surface area (Å²) in [7, 11) is -0.647. The van der Waals surface area contributed by atoms with Crippen LogP contribution in [-0.4, -0.2) is 11.5 Å². The summed E-state index contributed by atoms with van der Waals surface area (Å²) in [5.41, 5.74) is 2.38. The second-order valence-electron chi connectivity index (χ2n) is 6.69. The standard InChI is InChI=1S/C26H27N2P/c1-3-4-18-26(22(2)20-27-21-23-13-11-12-19-28-23)29(24-14-7-5-8-15-24)25-16-9-6-10-17-25/h3-19,27H,1,20-21H2,2H3/b18-4-,26-22-. The van der Waals surface area contributed by atoms with E-state index in [1.807, 2.05) is 36.5 Å². The van der Waals surface area contributed by atoms with E-state index < -0.39 is 7.92 Å². The Hall–Kier alpha value is -2.80. The number of pyridine rings is 1. The molecule has 0 radical (unpaired) electrons. The third kappa shape index (κ3) is 6.09. The van der Waals surface area contributed by atoms with Crippen molar-refractivity contribution in [3.05, 3.63) is 126 Å². The summed E-state index contributed by atoms with van der Waals surface area (Å²) in [6.45, 7) is 7.66. The first kappa shape index (κ1) is 20.9. The van der Waals surface area contributed by atoms with Crippen molar-refractivity contribution in [3.63, 3.8) is 0 Å². The Balaban J connectivity index is 1.93. The van der Waals surface area contributed by atoms with Gasteiger partial charge in [-0.3, -0.25) is 4.98 Å². The van der Waals surface area contributed by atoms with Crippen molar-refractivity contribution < 1.29 is 0 Å². The molecule has 0 fully saturated rings. The number of hydrogen-bond donors (Lipinski definition) is 1. The van der Waals surface area contributed by atoms with Crippen LogP contribution in [0.3, 0.4) is 0 Å². The molecule has 146 valence electrons. The zero-order valence-electron chi connectivity index (χ0n) is 16.8. The van der Waals surface area contributed by atoms with Crippen molar-refractivity contribution in [2.45, 2.75) is 13.5 Å². The lowest BCUT2D eigenvalue weighted by atomic mass is 10.2. The molecule has 0 bridgehead atoms. The number of benzene rings is 2. The molecular weight excluding hydrogens is 371 g/mol.